The number of hydrogen-bond donors (Lipinski definition) is 1. The van der Waals surface area contributed by atoms with Gasteiger partial charge in [-0.3, -0.25) is 4.98 Å². The molecule has 7 heteroatoms. The van der Waals surface area contributed by atoms with Crippen LogP contribution in [-0.2, 0) is 11.3 Å². The maximum Gasteiger partial charge on any atom is 0.255 e. The Morgan fingerprint density at radius 1 is 1.12 bits per heavy atom. The molecule has 1 N–H and O–H groups in total. The third-order valence-corrected chi connectivity index (χ3v) is 3.96. The molecule has 0 atom stereocenters. The molecule has 2 aromatic heterocycles. The smallest absolute Gasteiger partial charge is 0.255 e. The fraction of sp³-hybridized carbons (Fsp3) is 0.211. The van der Waals surface area contributed by atoms with Crippen LogP contribution in [-0.4, -0.2) is 34.3 Å². The SMILES string of the molecule is Fc1cnc(NCc2ccc(-c3ccccn3)cc2)nc1OC1COC1. The molecular weight excluding hydrogens is 335 g/mol. The van der Waals surface area contributed by atoms with Gasteiger partial charge in [-0.15, -0.1) is 0 Å². The Morgan fingerprint density at radius 2 is 1.96 bits per heavy atom. The van der Waals surface area contributed by atoms with Crippen molar-refractivity contribution in [2.24, 2.45) is 0 Å². The van der Waals surface area contributed by atoms with Crippen LogP contribution in [0.5, 0.6) is 5.88 Å². The normalized spacial score (nSPS) is 13.9. The van der Waals surface area contributed by atoms with Crippen molar-refractivity contribution in [3.8, 4) is 17.1 Å². The van der Waals surface area contributed by atoms with Crippen molar-refractivity contribution in [2.75, 3.05) is 18.5 Å². The highest BCUT2D eigenvalue weighted by Crippen LogP contribution is 2.20. The lowest BCUT2D eigenvalue weighted by atomic mass is 10.1. The van der Waals surface area contributed by atoms with Gasteiger partial charge in [0.25, 0.3) is 5.88 Å². The molecule has 0 bridgehead atoms. The predicted octanol–water partition coefficient (Wildman–Crippen LogP) is 3.07. The number of rotatable bonds is 6. The number of nitrogens with zero attached hydrogens (tertiary/aromatic N) is 3. The first-order valence-corrected chi connectivity index (χ1v) is 8.29. The molecule has 3 heterocycles. The summed E-state index contributed by atoms with van der Waals surface area (Å²) in [5, 5.41) is 3.08. The molecule has 0 radical (unpaired) electrons. The molecule has 0 spiro atoms. The van der Waals surface area contributed by atoms with Crippen molar-refractivity contribution in [1.82, 2.24) is 15.0 Å². The van der Waals surface area contributed by atoms with Gasteiger partial charge in [0.2, 0.25) is 11.8 Å². The maximum atomic E-state index is 13.7. The predicted molar refractivity (Wildman–Crippen MR) is 94.2 cm³/mol. The number of benzene rings is 1. The second-order valence-corrected chi connectivity index (χ2v) is 5.89. The Balaban J connectivity index is 1.40. The van der Waals surface area contributed by atoms with Gasteiger partial charge in [0.1, 0.15) is 6.10 Å². The number of aromatic nitrogens is 3. The Kier molecular flexibility index (Phi) is 4.70. The van der Waals surface area contributed by atoms with Gasteiger partial charge in [-0.2, -0.15) is 9.37 Å². The molecule has 1 aliphatic heterocycles. The van der Waals surface area contributed by atoms with E-state index < -0.39 is 5.82 Å². The number of nitrogens with one attached hydrogen (secondary N) is 1. The lowest BCUT2D eigenvalue weighted by molar-refractivity contribution is -0.0826. The minimum absolute atomic E-state index is 0.0544. The molecule has 1 saturated heterocycles. The van der Waals surface area contributed by atoms with Gasteiger partial charge in [0.05, 0.1) is 25.1 Å². The van der Waals surface area contributed by atoms with Crippen LogP contribution in [0.3, 0.4) is 0 Å². The lowest BCUT2D eigenvalue weighted by Gasteiger charge is -2.26. The summed E-state index contributed by atoms with van der Waals surface area (Å²) in [4.78, 5) is 12.4. The van der Waals surface area contributed by atoms with Gasteiger partial charge in [0, 0.05) is 18.3 Å². The summed E-state index contributed by atoms with van der Waals surface area (Å²) in [7, 11) is 0. The number of pyridine rings is 1. The fourth-order valence-corrected chi connectivity index (χ4v) is 2.47. The van der Waals surface area contributed by atoms with Crippen molar-refractivity contribution < 1.29 is 13.9 Å². The lowest BCUT2D eigenvalue weighted by Crippen LogP contribution is -2.39. The number of ether oxygens (including phenoxy) is 2. The highest BCUT2D eigenvalue weighted by atomic mass is 19.1. The molecule has 0 amide bonds. The topological polar surface area (TPSA) is 69.2 Å². The Morgan fingerprint density at radius 3 is 2.65 bits per heavy atom. The largest absolute Gasteiger partial charge is 0.467 e. The summed E-state index contributed by atoms with van der Waals surface area (Å²) < 4.78 is 24.2. The van der Waals surface area contributed by atoms with Crippen LogP contribution in [0.2, 0.25) is 0 Å². The van der Waals surface area contributed by atoms with Gasteiger partial charge in [-0.25, -0.2) is 4.98 Å². The van der Waals surface area contributed by atoms with Crippen LogP contribution in [0.25, 0.3) is 11.3 Å². The third kappa shape index (κ3) is 3.78. The monoisotopic (exact) mass is 352 g/mol. The van der Waals surface area contributed by atoms with E-state index in [0.717, 1.165) is 23.0 Å². The van der Waals surface area contributed by atoms with E-state index >= 15 is 0 Å². The second-order valence-electron chi connectivity index (χ2n) is 5.89. The highest BCUT2D eigenvalue weighted by molar-refractivity contribution is 5.59. The van der Waals surface area contributed by atoms with E-state index in [1.54, 1.807) is 6.20 Å². The first kappa shape index (κ1) is 16.4. The second kappa shape index (κ2) is 7.45. The average molecular weight is 352 g/mol. The molecule has 1 aliphatic rings. The molecule has 132 valence electrons. The Bertz CT molecular complexity index is 870. The number of anilines is 1. The van der Waals surface area contributed by atoms with E-state index in [2.05, 4.69) is 20.3 Å². The highest BCUT2D eigenvalue weighted by Gasteiger charge is 2.22. The van der Waals surface area contributed by atoms with Crippen molar-refractivity contribution >= 4 is 5.95 Å². The van der Waals surface area contributed by atoms with Crippen LogP contribution in [0, 0.1) is 5.82 Å². The van der Waals surface area contributed by atoms with Crippen molar-refractivity contribution in [3.63, 3.8) is 0 Å². The zero-order valence-corrected chi connectivity index (χ0v) is 13.9. The molecule has 4 rings (SSSR count). The van der Waals surface area contributed by atoms with Crippen LogP contribution in [0.4, 0.5) is 10.3 Å². The molecule has 6 nitrogen and oxygen atoms in total. The van der Waals surface area contributed by atoms with Crippen molar-refractivity contribution in [1.29, 1.82) is 0 Å². The van der Waals surface area contributed by atoms with E-state index in [4.69, 9.17) is 9.47 Å². The maximum absolute atomic E-state index is 13.7. The first-order valence-electron chi connectivity index (χ1n) is 8.29. The third-order valence-electron chi connectivity index (χ3n) is 3.96. The fourth-order valence-electron chi connectivity index (χ4n) is 2.47. The Labute approximate surface area is 150 Å². The average Bonchev–Trinajstić information content (AvgIpc) is 2.66. The van der Waals surface area contributed by atoms with E-state index in [0.29, 0.717) is 25.7 Å². The summed E-state index contributed by atoms with van der Waals surface area (Å²) in [6.07, 6.45) is 2.73. The van der Waals surface area contributed by atoms with Crippen molar-refractivity contribution in [3.05, 3.63) is 66.2 Å². The molecule has 1 aromatic carbocycles. The quantitative estimate of drug-likeness (QED) is 0.735. The van der Waals surface area contributed by atoms with E-state index in [9.17, 15) is 4.39 Å². The van der Waals surface area contributed by atoms with Crippen molar-refractivity contribution in [2.45, 2.75) is 12.6 Å². The van der Waals surface area contributed by atoms with E-state index in [1.807, 2.05) is 42.5 Å². The molecule has 26 heavy (non-hydrogen) atoms. The van der Waals surface area contributed by atoms with Gasteiger partial charge in [-0.05, 0) is 17.7 Å². The Hall–Kier alpha value is -3.06. The summed E-state index contributed by atoms with van der Waals surface area (Å²) in [5.74, 6) is -0.320. The molecule has 0 aliphatic carbocycles. The minimum atomic E-state index is -0.581. The van der Waals surface area contributed by atoms with Crippen LogP contribution in [0.1, 0.15) is 5.56 Å². The molecule has 1 fully saturated rings. The standard InChI is InChI=1S/C19H17FN4O2/c20-16-10-23-19(24-18(16)26-15-11-25-12-15)22-9-13-4-6-14(7-5-13)17-3-1-2-8-21-17/h1-8,10,15H,9,11-12H2,(H,22,23,24). The van der Waals surface area contributed by atoms with Crippen LogP contribution >= 0.6 is 0 Å². The first-order chi connectivity index (χ1) is 12.8. The molecule has 0 unspecified atom stereocenters. The van der Waals surface area contributed by atoms with Gasteiger partial charge in [-0.1, -0.05) is 30.3 Å². The number of halogens is 1. The summed E-state index contributed by atoms with van der Waals surface area (Å²) in [6, 6.07) is 13.8. The zero-order chi connectivity index (χ0) is 17.8. The number of hydrogen-bond acceptors (Lipinski definition) is 6. The van der Waals surface area contributed by atoms with Crippen LogP contribution in [0.15, 0.2) is 54.9 Å². The van der Waals surface area contributed by atoms with Gasteiger partial charge >= 0.3 is 0 Å². The summed E-state index contributed by atoms with van der Waals surface area (Å²) >= 11 is 0. The molecule has 3 aromatic rings. The minimum Gasteiger partial charge on any atom is -0.467 e. The zero-order valence-electron chi connectivity index (χ0n) is 13.9. The van der Waals surface area contributed by atoms with Crippen LogP contribution < -0.4 is 10.1 Å². The summed E-state index contributed by atoms with van der Waals surface area (Å²) in [6.45, 7) is 1.42. The van der Waals surface area contributed by atoms with Gasteiger partial charge < -0.3 is 14.8 Å². The van der Waals surface area contributed by atoms with E-state index in [-0.39, 0.29) is 12.0 Å². The van der Waals surface area contributed by atoms with E-state index in [1.165, 1.54) is 0 Å². The van der Waals surface area contributed by atoms with Gasteiger partial charge in [0.15, 0.2) is 0 Å². The molecule has 0 saturated carbocycles. The summed E-state index contributed by atoms with van der Waals surface area (Å²) in [5.41, 5.74) is 3.02. The molecular formula is C19H17FN4O2.